The minimum Gasteiger partial charge on any atom is -0.480 e. The number of rotatable bonds is 18. The normalized spacial score (nSPS) is 12.0. The molecule has 0 spiro atoms. The first kappa shape index (κ1) is 24.4. The van der Waals surface area contributed by atoms with E-state index in [1.807, 2.05) is 0 Å². The Morgan fingerprint density at radius 3 is 1.60 bits per heavy atom. The van der Waals surface area contributed by atoms with Crippen LogP contribution in [0.4, 0.5) is 0 Å². The molecule has 0 fully saturated rings. The summed E-state index contributed by atoms with van der Waals surface area (Å²) in [5, 5.41) is 13.1. The van der Waals surface area contributed by atoms with E-state index in [0.717, 1.165) is 25.7 Å². The first-order chi connectivity index (χ1) is 12.0. The van der Waals surface area contributed by atoms with Gasteiger partial charge in [0.15, 0.2) is 0 Å². The van der Waals surface area contributed by atoms with Crippen LogP contribution in [0, 0.1) is 0 Å². The Kier molecular flexibility index (Phi) is 15.2. The third-order valence-electron chi connectivity index (χ3n) is 5.00. The lowest BCUT2D eigenvalue weighted by molar-refractivity contribution is -0.145. The molecule has 5 heteroatoms. The maximum Gasteiger partial charge on any atom is 0.323 e. The summed E-state index contributed by atoms with van der Waals surface area (Å²) in [6, 6.07) is 0. The molecule has 0 aromatic rings. The number of unbranched alkanes of at least 4 members (excludes halogenated alkanes) is 10. The van der Waals surface area contributed by atoms with E-state index in [1.165, 1.54) is 51.4 Å². The Morgan fingerprint density at radius 1 is 0.840 bits per heavy atom. The Labute approximate surface area is 155 Å². The number of carboxylic acids is 1. The van der Waals surface area contributed by atoms with E-state index in [-0.39, 0.29) is 0 Å². The molecular formula is C20H43N3O2. The molecule has 0 saturated heterocycles. The van der Waals surface area contributed by atoms with Crippen molar-refractivity contribution in [1.29, 1.82) is 0 Å². The molecule has 0 heterocycles. The fourth-order valence-electron chi connectivity index (χ4n) is 3.32. The summed E-state index contributed by atoms with van der Waals surface area (Å²) in [5.41, 5.74) is 10.4. The zero-order valence-electron chi connectivity index (χ0n) is 16.7. The van der Waals surface area contributed by atoms with E-state index < -0.39 is 17.7 Å². The van der Waals surface area contributed by atoms with Crippen molar-refractivity contribution in [3.63, 3.8) is 0 Å². The van der Waals surface area contributed by atoms with E-state index in [2.05, 4.69) is 19.2 Å². The van der Waals surface area contributed by atoms with Crippen molar-refractivity contribution in [3.05, 3.63) is 0 Å². The molecule has 6 N–H and O–H groups in total. The van der Waals surface area contributed by atoms with Crippen LogP contribution in [0.15, 0.2) is 0 Å². The molecule has 0 aliphatic rings. The second kappa shape index (κ2) is 15.6. The summed E-state index contributed by atoms with van der Waals surface area (Å²) in [7, 11) is 0. The fraction of sp³-hybridized carbons (Fsp3) is 0.950. The Hall–Kier alpha value is -0.650. The predicted octanol–water partition coefficient (Wildman–Crippen LogP) is 4.14. The predicted molar refractivity (Wildman–Crippen MR) is 107 cm³/mol. The molecule has 0 aliphatic carbocycles. The van der Waals surface area contributed by atoms with Crippen molar-refractivity contribution in [2.75, 3.05) is 6.54 Å². The molecule has 0 bridgehead atoms. The highest BCUT2D eigenvalue weighted by Crippen LogP contribution is 2.24. The zero-order chi connectivity index (χ0) is 19.0. The first-order valence-electron chi connectivity index (χ1n) is 10.5. The fourth-order valence-corrected chi connectivity index (χ4v) is 3.32. The molecule has 0 saturated carbocycles. The highest BCUT2D eigenvalue weighted by molar-refractivity contribution is 5.78. The van der Waals surface area contributed by atoms with Gasteiger partial charge >= 0.3 is 5.97 Å². The number of nitrogens with one attached hydrogen (secondary N) is 1. The topological polar surface area (TPSA) is 101 Å². The molecule has 0 unspecified atom stereocenters. The lowest BCUT2D eigenvalue weighted by Gasteiger charge is -2.32. The van der Waals surface area contributed by atoms with Gasteiger partial charge in [-0.15, -0.1) is 0 Å². The Bertz CT molecular complexity index is 306. The van der Waals surface area contributed by atoms with Gasteiger partial charge in [-0.3, -0.25) is 10.1 Å². The standard InChI is InChI=1S/C20H43N3O2/c1-3-5-7-9-11-13-15-20(19(24)25,23-17-18(21)22)16-14-12-10-8-6-4-2/h18,23H,3-17,21-22H2,1-2H3,(H,24,25). The molecule has 0 atom stereocenters. The number of hydrogen-bond acceptors (Lipinski definition) is 4. The molecule has 0 aromatic carbocycles. The second-order valence-electron chi connectivity index (χ2n) is 7.47. The van der Waals surface area contributed by atoms with Crippen molar-refractivity contribution < 1.29 is 9.90 Å². The van der Waals surface area contributed by atoms with E-state index in [9.17, 15) is 9.90 Å². The van der Waals surface area contributed by atoms with Crippen LogP contribution in [0.1, 0.15) is 104 Å². The second-order valence-corrected chi connectivity index (χ2v) is 7.47. The Balaban J connectivity index is 4.45. The van der Waals surface area contributed by atoms with Crippen LogP contribution in [0.3, 0.4) is 0 Å². The van der Waals surface area contributed by atoms with Crippen LogP contribution >= 0.6 is 0 Å². The van der Waals surface area contributed by atoms with Crippen molar-refractivity contribution in [3.8, 4) is 0 Å². The van der Waals surface area contributed by atoms with Gasteiger partial charge in [-0.05, 0) is 12.8 Å². The molecule has 0 radical (unpaired) electrons. The van der Waals surface area contributed by atoms with Gasteiger partial charge in [0.05, 0.1) is 6.17 Å². The minimum atomic E-state index is -0.869. The van der Waals surface area contributed by atoms with Crippen LogP contribution in [0.25, 0.3) is 0 Å². The van der Waals surface area contributed by atoms with Crippen LogP contribution < -0.4 is 16.8 Å². The van der Waals surface area contributed by atoms with E-state index in [4.69, 9.17) is 11.5 Å². The average molecular weight is 358 g/mol. The largest absolute Gasteiger partial charge is 0.480 e. The molecule has 0 aliphatic heterocycles. The van der Waals surface area contributed by atoms with Gasteiger partial charge in [0, 0.05) is 6.54 Å². The molecule has 150 valence electrons. The maximum absolute atomic E-state index is 12.0. The summed E-state index contributed by atoms with van der Waals surface area (Å²) < 4.78 is 0. The summed E-state index contributed by atoms with van der Waals surface area (Å²) in [6.07, 6.45) is 14.8. The third kappa shape index (κ3) is 12.4. The lowest BCUT2D eigenvalue weighted by atomic mass is 9.86. The highest BCUT2D eigenvalue weighted by atomic mass is 16.4. The van der Waals surface area contributed by atoms with Crippen LogP contribution in [-0.2, 0) is 4.79 Å². The molecule has 0 aromatic heterocycles. The smallest absolute Gasteiger partial charge is 0.323 e. The number of carboxylic acid groups (broad SMARTS) is 1. The van der Waals surface area contributed by atoms with E-state index in [1.54, 1.807) is 0 Å². The summed E-state index contributed by atoms with van der Waals surface area (Å²) >= 11 is 0. The van der Waals surface area contributed by atoms with Gasteiger partial charge in [0.1, 0.15) is 5.54 Å². The van der Waals surface area contributed by atoms with Gasteiger partial charge in [-0.2, -0.15) is 0 Å². The van der Waals surface area contributed by atoms with Gasteiger partial charge in [0.25, 0.3) is 0 Å². The van der Waals surface area contributed by atoms with Gasteiger partial charge in [-0.25, -0.2) is 0 Å². The average Bonchev–Trinajstić information content (AvgIpc) is 2.57. The molecule has 0 amide bonds. The van der Waals surface area contributed by atoms with Gasteiger partial charge in [-0.1, -0.05) is 90.9 Å². The monoisotopic (exact) mass is 357 g/mol. The first-order valence-corrected chi connectivity index (χ1v) is 10.5. The highest BCUT2D eigenvalue weighted by Gasteiger charge is 2.36. The Morgan fingerprint density at radius 2 is 1.24 bits per heavy atom. The van der Waals surface area contributed by atoms with Crippen LogP contribution in [0.2, 0.25) is 0 Å². The van der Waals surface area contributed by atoms with Crippen LogP contribution in [0.5, 0.6) is 0 Å². The number of carbonyl (C=O) groups is 1. The van der Waals surface area contributed by atoms with Crippen molar-refractivity contribution in [2.24, 2.45) is 11.5 Å². The van der Waals surface area contributed by atoms with E-state index in [0.29, 0.717) is 19.4 Å². The van der Waals surface area contributed by atoms with Crippen molar-refractivity contribution in [1.82, 2.24) is 5.32 Å². The number of hydrogen-bond donors (Lipinski definition) is 4. The maximum atomic E-state index is 12.0. The van der Waals surface area contributed by atoms with E-state index >= 15 is 0 Å². The van der Waals surface area contributed by atoms with Gasteiger partial charge in [0.2, 0.25) is 0 Å². The summed E-state index contributed by atoms with van der Waals surface area (Å²) in [5.74, 6) is -0.754. The van der Waals surface area contributed by atoms with Gasteiger partial charge < -0.3 is 16.6 Å². The quantitative estimate of drug-likeness (QED) is 0.218. The van der Waals surface area contributed by atoms with Crippen molar-refractivity contribution in [2.45, 2.75) is 115 Å². The zero-order valence-corrected chi connectivity index (χ0v) is 16.7. The molecule has 0 rings (SSSR count). The molecular weight excluding hydrogens is 314 g/mol. The SMILES string of the molecule is CCCCCCCCC(CCCCCCCC)(NCC(N)N)C(=O)O. The third-order valence-corrected chi connectivity index (χ3v) is 5.00. The summed E-state index contributed by atoms with van der Waals surface area (Å²) in [6.45, 7) is 4.75. The van der Waals surface area contributed by atoms with Crippen molar-refractivity contribution >= 4 is 5.97 Å². The lowest BCUT2D eigenvalue weighted by Crippen LogP contribution is -2.56. The summed E-state index contributed by atoms with van der Waals surface area (Å²) in [4.78, 5) is 12.0. The van der Waals surface area contributed by atoms with Crippen LogP contribution in [-0.4, -0.2) is 29.3 Å². The molecule has 5 nitrogen and oxygen atoms in total. The number of nitrogens with two attached hydrogens (primary N) is 2. The molecule has 25 heavy (non-hydrogen) atoms. The number of aliphatic carboxylic acids is 1. The minimum absolute atomic E-state index is 0.345.